The molecule has 1 aromatic carbocycles. The first-order chi connectivity index (χ1) is 11.2. The summed E-state index contributed by atoms with van der Waals surface area (Å²) in [7, 11) is 0. The Kier molecular flexibility index (Phi) is 5.30. The van der Waals surface area contributed by atoms with Crippen molar-refractivity contribution in [2.45, 2.75) is 31.8 Å². The Bertz CT molecular complexity index is 661. The third-order valence-electron chi connectivity index (χ3n) is 4.30. The van der Waals surface area contributed by atoms with Crippen LogP contribution in [-0.2, 0) is 13.1 Å². The van der Waals surface area contributed by atoms with Gasteiger partial charge in [-0.25, -0.2) is 4.39 Å². The Hall–Kier alpha value is -1.43. The zero-order valence-corrected chi connectivity index (χ0v) is 13.7. The van der Waals surface area contributed by atoms with Gasteiger partial charge in [0.1, 0.15) is 5.82 Å². The maximum Gasteiger partial charge on any atom is 0.141 e. The molecule has 1 N–H and O–H groups in total. The lowest BCUT2D eigenvalue weighted by Crippen LogP contribution is -2.34. The summed E-state index contributed by atoms with van der Waals surface area (Å²) in [6.45, 7) is 3.37. The number of likely N-dealkylation sites (tertiary alicyclic amines) is 1. The van der Waals surface area contributed by atoms with Crippen LogP contribution >= 0.6 is 11.6 Å². The molecule has 1 fully saturated rings. The molecular formula is C17H21ClFN3O. The van der Waals surface area contributed by atoms with Crippen LogP contribution in [0.3, 0.4) is 0 Å². The number of rotatable bonds is 5. The summed E-state index contributed by atoms with van der Waals surface area (Å²) in [6, 6.07) is 6.96. The zero-order valence-electron chi connectivity index (χ0n) is 13.0. The summed E-state index contributed by atoms with van der Waals surface area (Å²) < 4.78 is 15.0. The lowest BCUT2D eigenvalue weighted by molar-refractivity contribution is 0.197. The molecule has 1 aliphatic rings. The second-order valence-corrected chi connectivity index (χ2v) is 6.46. The first kappa shape index (κ1) is 16.4. The summed E-state index contributed by atoms with van der Waals surface area (Å²) in [6.07, 6.45) is 4.16. The van der Waals surface area contributed by atoms with Gasteiger partial charge in [-0.05, 0) is 43.1 Å². The summed E-state index contributed by atoms with van der Waals surface area (Å²) in [5, 5.41) is 13.7. The molecule has 6 heteroatoms. The van der Waals surface area contributed by atoms with E-state index in [2.05, 4.69) is 10.00 Å². The van der Waals surface area contributed by atoms with Crippen molar-refractivity contribution >= 4 is 11.6 Å². The van der Waals surface area contributed by atoms with Crippen molar-refractivity contribution in [1.29, 1.82) is 0 Å². The SMILES string of the molecule is OCCn1ccc([C@H]2CCCN(Cc3ccc(F)c(Cl)c3)C2)n1. The predicted molar refractivity (Wildman–Crippen MR) is 88.0 cm³/mol. The lowest BCUT2D eigenvalue weighted by atomic mass is 9.94. The van der Waals surface area contributed by atoms with Gasteiger partial charge in [0.2, 0.25) is 0 Å². The van der Waals surface area contributed by atoms with E-state index in [-0.39, 0.29) is 17.4 Å². The molecule has 0 amide bonds. The van der Waals surface area contributed by atoms with Crippen LogP contribution in [0.1, 0.15) is 30.0 Å². The molecule has 4 nitrogen and oxygen atoms in total. The second kappa shape index (κ2) is 7.43. The van der Waals surface area contributed by atoms with Crippen LogP contribution in [0.5, 0.6) is 0 Å². The van der Waals surface area contributed by atoms with Gasteiger partial charge in [0.15, 0.2) is 0 Å². The Balaban J connectivity index is 1.64. The fourth-order valence-electron chi connectivity index (χ4n) is 3.16. The molecule has 0 aliphatic carbocycles. The van der Waals surface area contributed by atoms with Crippen LogP contribution in [0.15, 0.2) is 30.5 Å². The molecule has 0 saturated carbocycles. The molecule has 1 atom stereocenters. The van der Waals surface area contributed by atoms with Crippen molar-refractivity contribution in [3.05, 3.63) is 52.6 Å². The van der Waals surface area contributed by atoms with E-state index < -0.39 is 0 Å². The van der Waals surface area contributed by atoms with E-state index in [0.29, 0.717) is 12.5 Å². The minimum absolute atomic E-state index is 0.100. The third-order valence-corrected chi connectivity index (χ3v) is 4.59. The summed E-state index contributed by atoms with van der Waals surface area (Å²) in [5.74, 6) is 0.0287. The normalized spacial score (nSPS) is 19.2. The highest BCUT2D eigenvalue weighted by molar-refractivity contribution is 6.30. The fraction of sp³-hybridized carbons (Fsp3) is 0.471. The average molecular weight is 338 g/mol. The maximum absolute atomic E-state index is 13.3. The summed E-state index contributed by atoms with van der Waals surface area (Å²) in [4.78, 5) is 2.36. The zero-order chi connectivity index (χ0) is 16.2. The predicted octanol–water partition coefficient (Wildman–Crippen LogP) is 3.05. The Labute approximate surface area is 140 Å². The first-order valence-corrected chi connectivity index (χ1v) is 8.34. The Morgan fingerprint density at radius 1 is 1.35 bits per heavy atom. The van der Waals surface area contributed by atoms with Crippen molar-refractivity contribution < 1.29 is 9.50 Å². The molecule has 2 aromatic rings. The van der Waals surface area contributed by atoms with Gasteiger partial charge in [0, 0.05) is 25.2 Å². The molecule has 1 saturated heterocycles. The molecule has 0 spiro atoms. The Morgan fingerprint density at radius 3 is 3.00 bits per heavy atom. The molecule has 0 radical (unpaired) electrons. The van der Waals surface area contributed by atoms with Crippen LogP contribution in [0.4, 0.5) is 4.39 Å². The van der Waals surface area contributed by atoms with E-state index >= 15 is 0 Å². The molecule has 124 valence electrons. The third kappa shape index (κ3) is 4.10. The summed E-state index contributed by atoms with van der Waals surface area (Å²) >= 11 is 5.86. The molecule has 0 bridgehead atoms. The number of piperidine rings is 1. The summed E-state index contributed by atoms with van der Waals surface area (Å²) in [5.41, 5.74) is 2.11. The van der Waals surface area contributed by atoms with E-state index in [1.807, 2.05) is 12.3 Å². The number of aromatic nitrogens is 2. The van der Waals surface area contributed by atoms with Gasteiger partial charge in [-0.3, -0.25) is 9.58 Å². The van der Waals surface area contributed by atoms with Gasteiger partial charge >= 0.3 is 0 Å². The van der Waals surface area contributed by atoms with E-state index in [1.54, 1.807) is 16.8 Å². The fourth-order valence-corrected chi connectivity index (χ4v) is 3.36. The molecule has 1 aromatic heterocycles. The highest BCUT2D eigenvalue weighted by Gasteiger charge is 2.23. The largest absolute Gasteiger partial charge is 0.394 e. The number of aliphatic hydroxyl groups excluding tert-OH is 1. The van der Waals surface area contributed by atoms with Gasteiger partial charge in [0.05, 0.1) is 23.9 Å². The van der Waals surface area contributed by atoms with Crippen LogP contribution in [0.25, 0.3) is 0 Å². The number of hydrogen-bond acceptors (Lipinski definition) is 3. The molecule has 0 unspecified atom stereocenters. The maximum atomic E-state index is 13.3. The van der Waals surface area contributed by atoms with Crippen molar-refractivity contribution in [2.24, 2.45) is 0 Å². The molecule has 2 heterocycles. The molecule has 1 aliphatic heterocycles. The van der Waals surface area contributed by atoms with Crippen LogP contribution < -0.4 is 0 Å². The van der Waals surface area contributed by atoms with Crippen molar-refractivity contribution in [3.8, 4) is 0 Å². The monoisotopic (exact) mass is 337 g/mol. The first-order valence-electron chi connectivity index (χ1n) is 7.96. The van der Waals surface area contributed by atoms with E-state index in [1.165, 1.54) is 6.07 Å². The highest BCUT2D eigenvalue weighted by atomic mass is 35.5. The van der Waals surface area contributed by atoms with Crippen molar-refractivity contribution in [2.75, 3.05) is 19.7 Å². The van der Waals surface area contributed by atoms with Crippen LogP contribution in [0, 0.1) is 5.82 Å². The van der Waals surface area contributed by atoms with E-state index in [4.69, 9.17) is 16.7 Å². The molecule has 23 heavy (non-hydrogen) atoms. The highest BCUT2D eigenvalue weighted by Crippen LogP contribution is 2.27. The average Bonchev–Trinajstić information content (AvgIpc) is 3.00. The van der Waals surface area contributed by atoms with Gasteiger partial charge in [0.25, 0.3) is 0 Å². The van der Waals surface area contributed by atoms with Crippen LogP contribution in [0.2, 0.25) is 5.02 Å². The minimum Gasteiger partial charge on any atom is -0.394 e. The van der Waals surface area contributed by atoms with Gasteiger partial charge in [-0.1, -0.05) is 17.7 Å². The van der Waals surface area contributed by atoms with Gasteiger partial charge < -0.3 is 5.11 Å². The van der Waals surface area contributed by atoms with E-state index in [0.717, 1.165) is 43.7 Å². The number of aliphatic hydroxyl groups is 1. The van der Waals surface area contributed by atoms with Gasteiger partial charge in [-0.15, -0.1) is 0 Å². The number of hydrogen-bond donors (Lipinski definition) is 1. The van der Waals surface area contributed by atoms with Crippen molar-refractivity contribution in [3.63, 3.8) is 0 Å². The smallest absolute Gasteiger partial charge is 0.141 e. The number of nitrogens with zero attached hydrogens (tertiary/aromatic N) is 3. The molecular weight excluding hydrogens is 317 g/mol. The topological polar surface area (TPSA) is 41.3 Å². The second-order valence-electron chi connectivity index (χ2n) is 6.05. The van der Waals surface area contributed by atoms with Crippen LogP contribution in [-0.4, -0.2) is 39.5 Å². The number of halogens is 2. The Morgan fingerprint density at radius 2 is 2.22 bits per heavy atom. The van der Waals surface area contributed by atoms with E-state index in [9.17, 15) is 4.39 Å². The van der Waals surface area contributed by atoms with Crippen molar-refractivity contribution in [1.82, 2.24) is 14.7 Å². The minimum atomic E-state index is -0.374. The lowest BCUT2D eigenvalue weighted by Gasteiger charge is -2.32. The van der Waals surface area contributed by atoms with Gasteiger partial charge in [-0.2, -0.15) is 5.10 Å². The number of benzene rings is 1. The quantitative estimate of drug-likeness (QED) is 0.911. The molecule has 3 rings (SSSR count). The standard InChI is InChI=1S/C17H21ClFN3O/c18-15-10-13(3-4-16(15)19)11-21-6-1-2-14(12-21)17-5-7-22(20-17)8-9-23/h3-5,7,10,14,23H,1-2,6,8-9,11-12H2/t14-/m0/s1.